The summed E-state index contributed by atoms with van der Waals surface area (Å²) in [6.45, 7) is 1.69. The molecular weight excluding hydrogens is 365 g/mol. The minimum Gasteiger partial charge on any atom is -0.437 e. The summed E-state index contributed by atoms with van der Waals surface area (Å²) in [6, 6.07) is 5.39. The molecule has 114 valence electrons. The number of nitrogens with zero attached hydrogens (tertiary/aromatic N) is 2. The second-order valence-electron chi connectivity index (χ2n) is 4.44. The smallest absolute Gasteiger partial charge is 0.417 e. The summed E-state index contributed by atoms with van der Waals surface area (Å²) in [5.74, 6) is 0.809. The van der Waals surface area contributed by atoms with Gasteiger partial charge >= 0.3 is 6.18 Å². The lowest BCUT2D eigenvalue weighted by molar-refractivity contribution is -0.137. The van der Waals surface area contributed by atoms with E-state index in [4.69, 9.17) is 9.15 Å². The van der Waals surface area contributed by atoms with Crippen LogP contribution in [-0.2, 0) is 6.18 Å². The number of pyridine rings is 1. The van der Waals surface area contributed by atoms with E-state index in [1.54, 1.807) is 19.1 Å². The first-order chi connectivity index (χ1) is 10.3. The Kier molecular flexibility index (Phi) is 3.56. The molecule has 0 saturated heterocycles. The van der Waals surface area contributed by atoms with E-state index in [1.807, 2.05) is 0 Å². The number of ether oxygens (including phenoxy) is 1. The molecule has 0 radical (unpaired) electrons. The lowest BCUT2D eigenvalue weighted by Gasteiger charge is -2.08. The molecule has 0 amide bonds. The van der Waals surface area contributed by atoms with E-state index >= 15 is 0 Å². The van der Waals surface area contributed by atoms with Crippen LogP contribution < -0.4 is 4.74 Å². The maximum absolute atomic E-state index is 12.5. The average molecular weight is 373 g/mol. The third-order valence-corrected chi connectivity index (χ3v) is 3.48. The van der Waals surface area contributed by atoms with E-state index in [0.29, 0.717) is 22.7 Å². The second kappa shape index (κ2) is 5.28. The predicted molar refractivity (Wildman–Crippen MR) is 75.8 cm³/mol. The van der Waals surface area contributed by atoms with Gasteiger partial charge in [0.15, 0.2) is 17.2 Å². The summed E-state index contributed by atoms with van der Waals surface area (Å²) >= 11 is 3.34. The summed E-state index contributed by atoms with van der Waals surface area (Å²) in [6.07, 6.45) is -3.71. The Morgan fingerprint density at radius 2 is 1.95 bits per heavy atom. The van der Waals surface area contributed by atoms with Crippen LogP contribution in [0.2, 0.25) is 0 Å². The number of benzene rings is 1. The lowest BCUT2D eigenvalue weighted by Crippen LogP contribution is -2.05. The Morgan fingerprint density at radius 3 is 2.59 bits per heavy atom. The third-order valence-electron chi connectivity index (χ3n) is 2.84. The van der Waals surface area contributed by atoms with Crippen molar-refractivity contribution in [3.8, 4) is 11.6 Å². The Balaban J connectivity index is 1.95. The fourth-order valence-corrected chi connectivity index (χ4v) is 2.26. The van der Waals surface area contributed by atoms with Gasteiger partial charge in [-0.15, -0.1) is 0 Å². The molecule has 3 rings (SSSR count). The van der Waals surface area contributed by atoms with E-state index in [9.17, 15) is 13.2 Å². The number of hydrogen-bond donors (Lipinski definition) is 0. The minimum atomic E-state index is -4.43. The van der Waals surface area contributed by atoms with Gasteiger partial charge in [0.1, 0.15) is 5.52 Å². The molecule has 3 aromatic rings. The Hall–Kier alpha value is -2.09. The molecule has 1 aromatic carbocycles. The third kappa shape index (κ3) is 2.78. The number of rotatable bonds is 2. The molecule has 0 aliphatic rings. The fourth-order valence-electron chi connectivity index (χ4n) is 1.86. The molecule has 0 N–H and O–H groups in total. The minimum absolute atomic E-state index is 0.0330. The molecule has 0 spiro atoms. The largest absolute Gasteiger partial charge is 0.437 e. The van der Waals surface area contributed by atoms with Gasteiger partial charge in [0.2, 0.25) is 5.88 Å². The van der Waals surface area contributed by atoms with Gasteiger partial charge in [0, 0.05) is 23.7 Å². The van der Waals surface area contributed by atoms with E-state index in [1.165, 1.54) is 0 Å². The summed E-state index contributed by atoms with van der Waals surface area (Å²) in [5.41, 5.74) is 0.131. The van der Waals surface area contributed by atoms with Crippen molar-refractivity contribution >= 4 is 27.0 Å². The summed E-state index contributed by atoms with van der Waals surface area (Å²) in [4.78, 5) is 7.86. The van der Waals surface area contributed by atoms with Gasteiger partial charge in [-0.05, 0) is 34.1 Å². The van der Waals surface area contributed by atoms with Gasteiger partial charge in [-0.2, -0.15) is 13.2 Å². The first-order valence-corrected chi connectivity index (χ1v) is 6.90. The summed E-state index contributed by atoms with van der Waals surface area (Å²) < 4.78 is 49.2. The lowest BCUT2D eigenvalue weighted by atomic mass is 10.3. The van der Waals surface area contributed by atoms with Crippen LogP contribution in [-0.4, -0.2) is 9.97 Å². The highest BCUT2D eigenvalue weighted by atomic mass is 79.9. The molecule has 22 heavy (non-hydrogen) atoms. The topological polar surface area (TPSA) is 48.2 Å². The van der Waals surface area contributed by atoms with Gasteiger partial charge < -0.3 is 9.15 Å². The number of oxazole rings is 1. The van der Waals surface area contributed by atoms with Crippen LogP contribution in [0.3, 0.4) is 0 Å². The van der Waals surface area contributed by atoms with Gasteiger partial charge in [-0.3, -0.25) is 0 Å². The number of halogens is 4. The number of aryl methyl sites for hydroxylation is 1. The molecule has 0 aliphatic carbocycles. The molecule has 0 bridgehead atoms. The molecule has 2 aromatic heterocycles. The van der Waals surface area contributed by atoms with Crippen molar-refractivity contribution in [3.63, 3.8) is 0 Å². The van der Waals surface area contributed by atoms with Gasteiger partial charge in [-0.25, -0.2) is 9.97 Å². The van der Waals surface area contributed by atoms with Gasteiger partial charge in [-0.1, -0.05) is 0 Å². The van der Waals surface area contributed by atoms with Crippen LogP contribution >= 0.6 is 15.9 Å². The van der Waals surface area contributed by atoms with Crippen molar-refractivity contribution in [3.05, 3.63) is 46.4 Å². The fraction of sp³-hybridized carbons (Fsp3) is 0.143. The van der Waals surface area contributed by atoms with Gasteiger partial charge in [0.05, 0.1) is 5.56 Å². The van der Waals surface area contributed by atoms with Crippen molar-refractivity contribution in [1.82, 2.24) is 9.97 Å². The highest BCUT2D eigenvalue weighted by molar-refractivity contribution is 9.10. The molecule has 0 aliphatic heterocycles. The van der Waals surface area contributed by atoms with Crippen molar-refractivity contribution in [2.75, 3.05) is 0 Å². The van der Waals surface area contributed by atoms with Crippen molar-refractivity contribution in [1.29, 1.82) is 0 Å². The molecule has 0 saturated carbocycles. The summed E-state index contributed by atoms with van der Waals surface area (Å²) in [7, 11) is 0. The zero-order valence-corrected chi connectivity index (χ0v) is 12.7. The number of aromatic nitrogens is 2. The van der Waals surface area contributed by atoms with E-state index in [0.717, 1.165) is 22.8 Å². The zero-order valence-electron chi connectivity index (χ0n) is 11.1. The molecular formula is C14H8BrF3N2O2. The Morgan fingerprint density at radius 1 is 1.18 bits per heavy atom. The number of fused-ring (bicyclic) bond motifs is 1. The van der Waals surface area contributed by atoms with Crippen molar-refractivity contribution in [2.45, 2.75) is 13.1 Å². The second-order valence-corrected chi connectivity index (χ2v) is 5.30. The molecule has 8 heteroatoms. The van der Waals surface area contributed by atoms with E-state index in [-0.39, 0.29) is 5.88 Å². The number of hydrogen-bond acceptors (Lipinski definition) is 4. The van der Waals surface area contributed by atoms with E-state index < -0.39 is 11.7 Å². The molecule has 4 nitrogen and oxygen atoms in total. The Bertz CT molecular complexity index is 828. The van der Waals surface area contributed by atoms with Crippen LogP contribution in [0, 0.1) is 6.92 Å². The van der Waals surface area contributed by atoms with Crippen LogP contribution in [0.15, 0.2) is 39.4 Å². The molecule has 2 heterocycles. The monoisotopic (exact) mass is 372 g/mol. The van der Waals surface area contributed by atoms with Crippen LogP contribution in [0.5, 0.6) is 11.6 Å². The number of alkyl halides is 3. The SMILES string of the molecule is Cc1nc2c(Br)ccc(Oc3ccc(C(F)(F)F)cn3)c2o1. The summed E-state index contributed by atoms with van der Waals surface area (Å²) in [5, 5.41) is 0. The first kappa shape index (κ1) is 14.8. The molecule has 0 fully saturated rings. The predicted octanol–water partition coefficient (Wildman–Crippen LogP) is 5.10. The quantitative estimate of drug-likeness (QED) is 0.627. The highest BCUT2D eigenvalue weighted by Crippen LogP contribution is 2.35. The molecule has 0 unspecified atom stereocenters. The average Bonchev–Trinajstić information content (AvgIpc) is 2.84. The molecule has 0 atom stereocenters. The standard InChI is InChI=1S/C14H8BrF3N2O2/c1-7-20-12-9(15)3-4-10(13(12)21-7)22-11-5-2-8(6-19-11)14(16,17)18/h2-6H,1H3. The van der Waals surface area contributed by atoms with Crippen LogP contribution in [0.4, 0.5) is 13.2 Å². The van der Waals surface area contributed by atoms with Crippen LogP contribution in [0.25, 0.3) is 11.1 Å². The highest BCUT2D eigenvalue weighted by Gasteiger charge is 2.30. The van der Waals surface area contributed by atoms with Crippen molar-refractivity contribution < 1.29 is 22.3 Å². The normalized spacial score (nSPS) is 11.9. The van der Waals surface area contributed by atoms with Crippen LogP contribution in [0.1, 0.15) is 11.5 Å². The Labute approximate surface area is 131 Å². The van der Waals surface area contributed by atoms with E-state index in [2.05, 4.69) is 25.9 Å². The zero-order chi connectivity index (χ0) is 15.9. The maximum atomic E-state index is 12.5. The first-order valence-electron chi connectivity index (χ1n) is 6.11. The maximum Gasteiger partial charge on any atom is 0.417 e. The van der Waals surface area contributed by atoms with Crippen molar-refractivity contribution in [2.24, 2.45) is 0 Å². The van der Waals surface area contributed by atoms with Gasteiger partial charge in [0.25, 0.3) is 0 Å².